The number of aromatic nitrogens is 1. The molecule has 0 N–H and O–H groups in total. The number of nitrogens with zero attached hydrogens (tertiary/aromatic N) is 2. The predicted molar refractivity (Wildman–Crippen MR) is 89.4 cm³/mol. The number of piperidine rings is 1. The van der Waals surface area contributed by atoms with Gasteiger partial charge in [-0.15, -0.1) is 0 Å². The Hall–Kier alpha value is -1.85. The van der Waals surface area contributed by atoms with Crippen molar-refractivity contribution in [3.8, 4) is 5.88 Å². The second-order valence-corrected chi connectivity index (χ2v) is 7.18. The summed E-state index contributed by atoms with van der Waals surface area (Å²) in [4.78, 5) is 18.2. The summed E-state index contributed by atoms with van der Waals surface area (Å²) >= 11 is 0. The van der Waals surface area contributed by atoms with Crippen molar-refractivity contribution < 1.29 is 18.7 Å². The Kier molecular flexibility index (Phi) is 6.02. The van der Waals surface area contributed by atoms with E-state index in [0.29, 0.717) is 19.0 Å². The van der Waals surface area contributed by atoms with Gasteiger partial charge in [-0.3, -0.25) is 0 Å². The van der Waals surface area contributed by atoms with Crippen LogP contribution < -0.4 is 4.74 Å². The molecule has 0 bridgehead atoms. The first kappa shape index (κ1) is 18.5. The molecule has 0 aromatic carbocycles. The number of halogens is 1. The maximum absolute atomic E-state index is 12.9. The Morgan fingerprint density at radius 1 is 1.42 bits per heavy atom. The van der Waals surface area contributed by atoms with Gasteiger partial charge in [0.2, 0.25) is 5.88 Å². The third kappa shape index (κ3) is 5.08. The highest BCUT2D eigenvalue weighted by Gasteiger charge is 2.35. The first-order valence-electron chi connectivity index (χ1n) is 8.54. The molecule has 2 rings (SSSR count). The van der Waals surface area contributed by atoms with Crippen molar-refractivity contribution in [2.75, 3.05) is 13.2 Å². The fourth-order valence-electron chi connectivity index (χ4n) is 3.07. The highest BCUT2D eigenvalue weighted by atomic mass is 19.1. The minimum Gasteiger partial charge on any atom is -0.477 e. The van der Waals surface area contributed by atoms with Crippen molar-refractivity contribution in [2.24, 2.45) is 5.92 Å². The van der Waals surface area contributed by atoms with E-state index in [1.807, 2.05) is 25.7 Å². The lowest BCUT2D eigenvalue weighted by molar-refractivity contribution is -0.00601. The Balaban J connectivity index is 1.99. The molecular weight excluding hydrogens is 311 g/mol. The van der Waals surface area contributed by atoms with Crippen LogP contribution in [0.4, 0.5) is 9.18 Å². The Labute approximate surface area is 143 Å². The maximum Gasteiger partial charge on any atom is 0.410 e. The van der Waals surface area contributed by atoms with Gasteiger partial charge in [-0.25, -0.2) is 14.2 Å². The average Bonchev–Trinajstić information content (AvgIpc) is 2.52. The second kappa shape index (κ2) is 7.81. The van der Waals surface area contributed by atoms with Gasteiger partial charge in [0, 0.05) is 24.6 Å². The lowest BCUT2D eigenvalue weighted by Crippen LogP contribution is -2.51. The van der Waals surface area contributed by atoms with Crippen LogP contribution >= 0.6 is 0 Å². The molecule has 0 radical (unpaired) electrons. The van der Waals surface area contributed by atoms with Crippen molar-refractivity contribution in [2.45, 2.75) is 58.6 Å². The molecule has 1 aliphatic rings. The third-order valence-corrected chi connectivity index (χ3v) is 4.11. The predicted octanol–water partition coefficient (Wildman–Crippen LogP) is 4.03. The maximum atomic E-state index is 12.9. The van der Waals surface area contributed by atoms with Crippen LogP contribution in [0.2, 0.25) is 0 Å². The SMILES string of the molecule is CCC1[C@@H](COc2ccc(F)cn2)CCCN1C(=O)OC(C)(C)C. The average molecular weight is 338 g/mol. The zero-order chi connectivity index (χ0) is 17.7. The first-order valence-corrected chi connectivity index (χ1v) is 8.54. The van der Waals surface area contributed by atoms with Crippen molar-refractivity contribution in [3.63, 3.8) is 0 Å². The van der Waals surface area contributed by atoms with Crippen molar-refractivity contribution in [1.29, 1.82) is 0 Å². The zero-order valence-electron chi connectivity index (χ0n) is 14.9. The van der Waals surface area contributed by atoms with Gasteiger partial charge >= 0.3 is 6.09 Å². The molecule has 1 aliphatic heterocycles. The van der Waals surface area contributed by atoms with Gasteiger partial charge in [-0.2, -0.15) is 0 Å². The molecule has 1 fully saturated rings. The van der Waals surface area contributed by atoms with Crippen molar-refractivity contribution in [3.05, 3.63) is 24.1 Å². The molecule has 1 aromatic rings. The summed E-state index contributed by atoms with van der Waals surface area (Å²) in [6.45, 7) is 8.84. The molecule has 24 heavy (non-hydrogen) atoms. The fraction of sp³-hybridized carbons (Fsp3) is 0.667. The largest absolute Gasteiger partial charge is 0.477 e. The lowest BCUT2D eigenvalue weighted by atomic mass is 9.88. The molecule has 2 heterocycles. The van der Waals surface area contributed by atoms with Crippen molar-refractivity contribution >= 4 is 6.09 Å². The molecule has 6 heteroatoms. The summed E-state index contributed by atoms with van der Waals surface area (Å²) in [6.07, 6.45) is 3.61. The van der Waals surface area contributed by atoms with Crippen LogP contribution in [0.1, 0.15) is 47.0 Å². The van der Waals surface area contributed by atoms with Gasteiger partial charge in [-0.05, 0) is 46.1 Å². The number of rotatable bonds is 4. The number of carbonyl (C=O) groups excluding carboxylic acids is 1. The molecule has 2 atom stereocenters. The van der Waals surface area contributed by atoms with Crippen LogP contribution in [0, 0.1) is 11.7 Å². The van der Waals surface area contributed by atoms with E-state index in [-0.39, 0.29) is 23.9 Å². The zero-order valence-corrected chi connectivity index (χ0v) is 14.9. The summed E-state index contributed by atoms with van der Waals surface area (Å²) in [5.74, 6) is 0.228. The number of hydrogen-bond donors (Lipinski definition) is 0. The van der Waals surface area contributed by atoms with E-state index in [9.17, 15) is 9.18 Å². The van der Waals surface area contributed by atoms with E-state index in [2.05, 4.69) is 11.9 Å². The number of carbonyl (C=O) groups is 1. The van der Waals surface area contributed by atoms with E-state index in [0.717, 1.165) is 25.5 Å². The summed E-state index contributed by atoms with van der Waals surface area (Å²) < 4.78 is 24.1. The van der Waals surface area contributed by atoms with Crippen LogP contribution in [-0.4, -0.2) is 40.8 Å². The number of hydrogen-bond acceptors (Lipinski definition) is 4. The fourth-order valence-corrected chi connectivity index (χ4v) is 3.07. The quantitative estimate of drug-likeness (QED) is 0.832. The first-order chi connectivity index (χ1) is 11.3. The topological polar surface area (TPSA) is 51.7 Å². The Morgan fingerprint density at radius 2 is 2.17 bits per heavy atom. The molecule has 1 aromatic heterocycles. The number of pyridine rings is 1. The molecule has 5 nitrogen and oxygen atoms in total. The van der Waals surface area contributed by atoms with Crippen LogP contribution in [0.3, 0.4) is 0 Å². The number of amides is 1. The second-order valence-electron chi connectivity index (χ2n) is 7.18. The van der Waals surface area contributed by atoms with E-state index in [1.54, 1.807) is 0 Å². The van der Waals surface area contributed by atoms with E-state index >= 15 is 0 Å². The molecule has 1 saturated heterocycles. The third-order valence-electron chi connectivity index (χ3n) is 4.11. The van der Waals surface area contributed by atoms with E-state index in [1.165, 1.54) is 12.1 Å². The Morgan fingerprint density at radius 3 is 2.75 bits per heavy atom. The molecule has 134 valence electrons. The van der Waals surface area contributed by atoms with Gasteiger partial charge < -0.3 is 14.4 Å². The van der Waals surface area contributed by atoms with Gasteiger partial charge in [0.05, 0.1) is 12.8 Å². The number of likely N-dealkylation sites (tertiary alicyclic amines) is 1. The molecule has 1 amide bonds. The lowest BCUT2D eigenvalue weighted by Gasteiger charge is -2.41. The van der Waals surface area contributed by atoms with Gasteiger partial charge in [-0.1, -0.05) is 6.92 Å². The molecule has 0 aliphatic carbocycles. The molecule has 0 saturated carbocycles. The van der Waals surface area contributed by atoms with E-state index < -0.39 is 5.60 Å². The van der Waals surface area contributed by atoms with Crippen LogP contribution in [-0.2, 0) is 4.74 Å². The highest BCUT2D eigenvalue weighted by molar-refractivity contribution is 5.68. The monoisotopic (exact) mass is 338 g/mol. The standard InChI is InChI=1S/C18H27FN2O3/c1-5-15-13(12-23-16-9-8-14(19)11-20-16)7-6-10-21(15)17(22)24-18(2,3)4/h8-9,11,13,15H,5-7,10,12H2,1-4H3/t13-,15?/m1/s1. The van der Waals surface area contributed by atoms with Gasteiger partial charge in [0.25, 0.3) is 0 Å². The summed E-state index contributed by atoms with van der Waals surface area (Å²) in [6, 6.07) is 2.92. The van der Waals surface area contributed by atoms with Crippen LogP contribution in [0.15, 0.2) is 18.3 Å². The highest BCUT2D eigenvalue weighted by Crippen LogP contribution is 2.28. The molecule has 0 spiro atoms. The van der Waals surface area contributed by atoms with Crippen LogP contribution in [0.25, 0.3) is 0 Å². The number of ether oxygens (including phenoxy) is 2. The van der Waals surface area contributed by atoms with Crippen molar-refractivity contribution in [1.82, 2.24) is 9.88 Å². The van der Waals surface area contributed by atoms with Gasteiger partial charge in [0.15, 0.2) is 0 Å². The summed E-state index contributed by atoms with van der Waals surface area (Å²) in [5.41, 5.74) is -0.503. The Bertz CT molecular complexity index is 542. The minimum atomic E-state index is -0.503. The molecular formula is C18H27FN2O3. The molecule has 1 unspecified atom stereocenters. The van der Waals surface area contributed by atoms with Gasteiger partial charge in [0.1, 0.15) is 11.4 Å². The normalized spacial score (nSPS) is 21.5. The summed E-state index contributed by atoms with van der Waals surface area (Å²) in [7, 11) is 0. The summed E-state index contributed by atoms with van der Waals surface area (Å²) in [5, 5.41) is 0. The minimum absolute atomic E-state index is 0.0778. The smallest absolute Gasteiger partial charge is 0.410 e. The van der Waals surface area contributed by atoms with Crippen LogP contribution in [0.5, 0.6) is 5.88 Å². The van der Waals surface area contributed by atoms with E-state index in [4.69, 9.17) is 9.47 Å².